The molecule has 1 aromatic carbocycles. The smallest absolute Gasteiger partial charge is 0.240 e. The van der Waals surface area contributed by atoms with Crippen LogP contribution in [0.3, 0.4) is 0 Å². The molecule has 0 unspecified atom stereocenters. The van der Waals surface area contributed by atoms with E-state index < -0.39 is 10.0 Å². The topological polar surface area (TPSA) is 74.8 Å². The maximum absolute atomic E-state index is 12.1. The Morgan fingerprint density at radius 1 is 1.10 bits per heavy atom. The third-order valence-electron chi connectivity index (χ3n) is 3.06. The second-order valence-electron chi connectivity index (χ2n) is 4.35. The van der Waals surface area contributed by atoms with Crippen molar-refractivity contribution in [2.24, 2.45) is 0 Å². The molecule has 0 saturated carbocycles. The maximum atomic E-state index is 12.1. The van der Waals surface area contributed by atoms with Crippen LogP contribution < -0.4 is 4.72 Å². The molecule has 0 bridgehead atoms. The van der Waals surface area contributed by atoms with Crippen molar-refractivity contribution in [2.75, 3.05) is 0 Å². The Balaban J connectivity index is 1.85. The van der Waals surface area contributed by atoms with Crippen LogP contribution in [0.15, 0.2) is 59.8 Å². The van der Waals surface area contributed by atoms with E-state index in [4.69, 9.17) is 0 Å². The highest BCUT2D eigenvalue weighted by Crippen LogP contribution is 2.16. The number of sulfonamides is 1. The Morgan fingerprint density at radius 3 is 2.70 bits per heavy atom. The van der Waals surface area contributed by atoms with Gasteiger partial charge in [-0.2, -0.15) is 0 Å². The molecule has 3 aromatic rings. The number of pyridine rings is 1. The standard InChI is InChI=1S/C14H13N3O2S/c18-20(19,12-4-2-1-3-5-12)17-10-11-6-8-15-14-13(11)7-9-16-14/h1-9,17H,10H2,(H,15,16). The first-order valence-electron chi connectivity index (χ1n) is 6.12. The SMILES string of the molecule is O=S(=O)(NCc1ccnc2[nH]ccc12)c1ccccc1. The number of fused-ring (bicyclic) bond motifs is 1. The first kappa shape index (κ1) is 12.8. The van der Waals surface area contributed by atoms with Crippen LogP contribution in [0.2, 0.25) is 0 Å². The van der Waals surface area contributed by atoms with E-state index >= 15 is 0 Å². The quantitative estimate of drug-likeness (QED) is 0.771. The number of rotatable bonds is 4. The third-order valence-corrected chi connectivity index (χ3v) is 4.47. The molecule has 0 aliphatic heterocycles. The van der Waals surface area contributed by atoms with E-state index in [-0.39, 0.29) is 11.4 Å². The zero-order chi connectivity index (χ0) is 14.0. The van der Waals surface area contributed by atoms with Gasteiger partial charge >= 0.3 is 0 Å². The van der Waals surface area contributed by atoms with Gasteiger partial charge in [0.05, 0.1) is 4.90 Å². The van der Waals surface area contributed by atoms with Gasteiger partial charge in [-0.15, -0.1) is 0 Å². The molecule has 2 heterocycles. The number of benzene rings is 1. The minimum atomic E-state index is -3.49. The Labute approximate surface area is 116 Å². The van der Waals surface area contributed by atoms with Gasteiger partial charge < -0.3 is 4.98 Å². The van der Waals surface area contributed by atoms with Crippen LogP contribution in [-0.2, 0) is 16.6 Å². The predicted molar refractivity (Wildman–Crippen MR) is 76.6 cm³/mol. The minimum absolute atomic E-state index is 0.230. The normalized spacial score (nSPS) is 11.8. The van der Waals surface area contributed by atoms with E-state index in [9.17, 15) is 8.42 Å². The highest BCUT2D eigenvalue weighted by molar-refractivity contribution is 7.89. The first-order chi connectivity index (χ1) is 9.67. The van der Waals surface area contributed by atoms with Crippen LogP contribution >= 0.6 is 0 Å². The summed E-state index contributed by atoms with van der Waals surface area (Å²) in [5, 5.41) is 0.920. The Hall–Kier alpha value is -2.18. The average molecular weight is 287 g/mol. The number of aromatic amines is 1. The summed E-state index contributed by atoms with van der Waals surface area (Å²) >= 11 is 0. The highest BCUT2D eigenvalue weighted by Gasteiger charge is 2.13. The number of H-pyrrole nitrogens is 1. The molecule has 6 heteroatoms. The summed E-state index contributed by atoms with van der Waals surface area (Å²) in [6.45, 7) is 0.230. The van der Waals surface area contributed by atoms with Crippen molar-refractivity contribution in [1.82, 2.24) is 14.7 Å². The highest BCUT2D eigenvalue weighted by atomic mass is 32.2. The van der Waals surface area contributed by atoms with Crippen molar-refractivity contribution in [3.8, 4) is 0 Å². The summed E-state index contributed by atoms with van der Waals surface area (Å²) in [4.78, 5) is 7.44. The van der Waals surface area contributed by atoms with Gasteiger partial charge in [-0.3, -0.25) is 0 Å². The van der Waals surface area contributed by atoms with Gasteiger partial charge in [0.25, 0.3) is 0 Å². The van der Waals surface area contributed by atoms with Crippen molar-refractivity contribution in [3.05, 3.63) is 60.4 Å². The van der Waals surface area contributed by atoms with Crippen molar-refractivity contribution in [1.29, 1.82) is 0 Å². The van der Waals surface area contributed by atoms with E-state index in [0.29, 0.717) is 0 Å². The number of hydrogen-bond donors (Lipinski definition) is 2. The Morgan fingerprint density at radius 2 is 1.90 bits per heavy atom. The molecule has 0 spiro atoms. The average Bonchev–Trinajstić information content (AvgIpc) is 2.95. The number of nitrogens with one attached hydrogen (secondary N) is 2. The van der Waals surface area contributed by atoms with Gasteiger partial charge in [-0.1, -0.05) is 18.2 Å². The fourth-order valence-corrected chi connectivity index (χ4v) is 3.06. The summed E-state index contributed by atoms with van der Waals surface area (Å²) in [6.07, 6.45) is 3.44. The fourth-order valence-electron chi connectivity index (χ4n) is 2.03. The third kappa shape index (κ3) is 2.43. The van der Waals surface area contributed by atoms with Crippen molar-refractivity contribution < 1.29 is 8.42 Å². The largest absolute Gasteiger partial charge is 0.346 e. The van der Waals surface area contributed by atoms with E-state index in [0.717, 1.165) is 16.6 Å². The second-order valence-corrected chi connectivity index (χ2v) is 6.11. The number of aromatic nitrogens is 2. The molecule has 5 nitrogen and oxygen atoms in total. The van der Waals surface area contributed by atoms with Gasteiger partial charge in [0.2, 0.25) is 10.0 Å². The molecule has 0 atom stereocenters. The molecule has 3 rings (SSSR count). The lowest BCUT2D eigenvalue weighted by Crippen LogP contribution is -2.23. The molecule has 0 aliphatic carbocycles. The summed E-state index contributed by atoms with van der Waals surface area (Å²) < 4.78 is 26.9. The lowest BCUT2D eigenvalue weighted by molar-refractivity contribution is 0.581. The molecular weight excluding hydrogens is 274 g/mol. The molecule has 20 heavy (non-hydrogen) atoms. The molecule has 0 fully saturated rings. The molecule has 2 aromatic heterocycles. The molecular formula is C14H13N3O2S. The number of nitrogens with zero attached hydrogens (tertiary/aromatic N) is 1. The van der Waals surface area contributed by atoms with Gasteiger partial charge in [-0.25, -0.2) is 18.1 Å². The lowest BCUT2D eigenvalue weighted by atomic mass is 10.2. The fraction of sp³-hybridized carbons (Fsp3) is 0.0714. The van der Waals surface area contributed by atoms with Crippen LogP contribution in [0.25, 0.3) is 11.0 Å². The summed E-state index contributed by atoms with van der Waals surface area (Å²) in [5.74, 6) is 0. The van der Waals surface area contributed by atoms with Gasteiger partial charge in [-0.05, 0) is 29.8 Å². The summed E-state index contributed by atoms with van der Waals surface area (Å²) in [6, 6.07) is 12.0. The Bertz CT molecular complexity index is 826. The monoisotopic (exact) mass is 287 g/mol. The van der Waals surface area contributed by atoms with Crippen molar-refractivity contribution >= 4 is 21.1 Å². The number of hydrogen-bond acceptors (Lipinski definition) is 3. The van der Waals surface area contributed by atoms with Gasteiger partial charge in [0.1, 0.15) is 5.65 Å². The second kappa shape index (κ2) is 5.07. The van der Waals surface area contributed by atoms with Crippen LogP contribution in [-0.4, -0.2) is 18.4 Å². The lowest BCUT2D eigenvalue weighted by Gasteiger charge is -2.07. The summed E-state index contributed by atoms with van der Waals surface area (Å²) in [5.41, 5.74) is 1.64. The van der Waals surface area contributed by atoms with E-state index in [1.165, 1.54) is 0 Å². The molecule has 0 saturated heterocycles. The summed E-state index contributed by atoms with van der Waals surface area (Å²) in [7, 11) is -3.49. The van der Waals surface area contributed by atoms with Crippen LogP contribution in [0.4, 0.5) is 0 Å². The molecule has 0 aliphatic rings. The van der Waals surface area contributed by atoms with E-state index in [2.05, 4.69) is 14.7 Å². The molecule has 102 valence electrons. The zero-order valence-corrected chi connectivity index (χ0v) is 11.4. The van der Waals surface area contributed by atoms with Gasteiger partial charge in [0.15, 0.2) is 0 Å². The van der Waals surface area contributed by atoms with Crippen LogP contribution in [0, 0.1) is 0 Å². The van der Waals surface area contributed by atoms with Crippen molar-refractivity contribution in [3.63, 3.8) is 0 Å². The maximum Gasteiger partial charge on any atom is 0.240 e. The van der Waals surface area contributed by atoms with Gasteiger partial charge in [0, 0.05) is 24.3 Å². The van der Waals surface area contributed by atoms with Crippen molar-refractivity contribution in [2.45, 2.75) is 11.4 Å². The zero-order valence-electron chi connectivity index (χ0n) is 10.6. The molecule has 2 N–H and O–H groups in total. The van der Waals surface area contributed by atoms with E-state index in [1.807, 2.05) is 12.1 Å². The molecule has 0 radical (unpaired) electrons. The minimum Gasteiger partial charge on any atom is -0.346 e. The molecule has 0 amide bonds. The first-order valence-corrected chi connectivity index (χ1v) is 7.61. The predicted octanol–water partition coefficient (Wildman–Crippen LogP) is 2.04. The van der Waals surface area contributed by atoms with Crippen LogP contribution in [0.1, 0.15) is 5.56 Å². The van der Waals surface area contributed by atoms with Crippen LogP contribution in [0.5, 0.6) is 0 Å². The van der Waals surface area contributed by atoms with E-state index in [1.54, 1.807) is 42.7 Å². The Kier molecular flexibility index (Phi) is 3.25.